The van der Waals surface area contributed by atoms with Crippen LogP contribution in [0.1, 0.15) is 57.3 Å². The topological polar surface area (TPSA) is 105 Å². The number of ether oxygens (including phenoxy) is 2. The molecule has 2 aromatic rings. The number of hydrogen-bond acceptors (Lipinski definition) is 8. The molecule has 1 N–H and O–H groups in total. The van der Waals surface area contributed by atoms with Crippen LogP contribution in [0.2, 0.25) is 0 Å². The van der Waals surface area contributed by atoms with Crippen molar-refractivity contribution in [1.29, 1.82) is 0 Å². The molecule has 0 saturated carbocycles. The summed E-state index contributed by atoms with van der Waals surface area (Å²) in [4.78, 5) is 29.1. The van der Waals surface area contributed by atoms with E-state index in [1.54, 1.807) is 0 Å². The van der Waals surface area contributed by atoms with E-state index in [4.69, 9.17) is 9.47 Å². The number of carbonyl (C=O) groups is 2. The zero-order valence-corrected chi connectivity index (χ0v) is 23.8. The molecule has 1 atom stereocenters. The van der Waals surface area contributed by atoms with Gasteiger partial charge in [-0.05, 0) is 62.1 Å². The van der Waals surface area contributed by atoms with Gasteiger partial charge >= 0.3 is 5.97 Å². The number of amides is 1. The summed E-state index contributed by atoms with van der Waals surface area (Å²) in [5, 5.41) is 3.32. The molecule has 204 valence electrons. The highest BCUT2D eigenvalue weighted by molar-refractivity contribution is 7.89. The number of esters is 1. The summed E-state index contributed by atoms with van der Waals surface area (Å²) in [6.07, 6.45) is 3.45. The van der Waals surface area contributed by atoms with Crippen LogP contribution in [0.3, 0.4) is 0 Å². The molecule has 3 heterocycles. The van der Waals surface area contributed by atoms with Crippen molar-refractivity contribution in [1.82, 2.24) is 9.21 Å². The van der Waals surface area contributed by atoms with Gasteiger partial charge in [0, 0.05) is 43.7 Å². The van der Waals surface area contributed by atoms with Crippen LogP contribution < -0.4 is 5.32 Å². The second-order valence-corrected chi connectivity index (χ2v) is 12.3. The molecule has 0 spiro atoms. The van der Waals surface area contributed by atoms with E-state index < -0.39 is 21.9 Å². The van der Waals surface area contributed by atoms with Gasteiger partial charge in [-0.15, -0.1) is 23.7 Å². The fraction of sp³-hybridized carbons (Fsp3) is 0.520. The van der Waals surface area contributed by atoms with Crippen LogP contribution in [0.15, 0.2) is 29.2 Å². The number of benzene rings is 1. The predicted molar refractivity (Wildman–Crippen MR) is 145 cm³/mol. The van der Waals surface area contributed by atoms with Crippen LogP contribution >= 0.6 is 23.7 Å². The molecule has 2 aliphatic rings. The van der Waals surface area contributed by atoms with Gasteiger partial charge in [0.1, 0.15) is 5.00 Å². The van der Waals surface area contributed by atoms with E-state index in [2.05, 4.69) is 17.1 Å². The molecule has 2 aliphatic heterocycles. The SMILES string of the molecule is CCCN1CCc2c(sc(NC(=O)c3ccc(S(=O)(=O)N(C)CC4CCCO4)cc3)c2C(=O)OC)C1.Cl. The quantitative estimate of drug-likeness (QED) is 0.457. The molecule has 0 aliphatic carbocycles. The number of carbonyl (C=O) groups excluding carboxylic acids is 2. The van der Waals surface area contributed by atoms with Gasteiger partial charge in [-0.25, -0.2) is 13.2 Å². The second kappa shape index (κ2) is 12.7. The van der Waals surface area contributed by atoms with Crippen molar-refractivity contribution in [3.8, 4) is 0 Å². The monoisotopic (exact) mass is 571 g/mol. The van der Waals surface area contributed by atoms with Crippen molar-refractivity contribution in [2.75, 3.05) is 45.7 Å². The van der Waals surface area contributed by atoms with Crippen molar-refractivity contribution >= 4 is 50.6 Å². The van der Waals surface area contributed by atoms with Crippen molar-refractivity contribution in [2.45, 2.75) is 50.2 Å². The zero-order valence-electron chi connectivity index (χ0n) is 21.3. The largest absolute Gasteiger partial charge is 0.465 e. The minimum atomic E-state index is -3.70. The highest BCUT2D eigenvalue weighted by Gasteiger charge is 2.30. The van der Waals surface area contributed by atoms with Gasteiger partial charge in [0.05, 0.1) is 23.7 Å². The van der Waals surface area contributed by atoms with Gasteiger partial charge in [-0.3, -0.25) is 9.69 Å². The smallest absolute Gasteiger partial charge is 0.341 e. The van der Waals surface area contributed by atoms with Crippen LogP contribution in [0, 0.1) is 0 Å². The van der Waals surface area contributed by atoms with Crippen molar-refractivity contribution < 1.29 is 27.5 Å². The molecule has 37 heavy (non-hydrogen) atoms. The maximum absolute atomic E-state index is 13.0. The Bertz CT molecular complexity index is 1210. The van der Waals surface area contributed by atoms with Gasteiger partial charge in [-0.1, -0.05) is 6.92 Å². The molecule has 1 unspecified atom stereocenters. The first-order chi connectivity index (χ1) is 17.2. The Balaban J connectivity index is 0.00000380. The zero-order chi connectivity index (χ0) is 25.9. The van der Waals surface area contributed by atoms with Crippen molar-refractivity contribution in [3.05, 3.63) is 45.8 Å². The number of fused-ring (bicyclic) bond motifs is 1. The third-order valence-electron chi connectivity index (χ3n) is 6.60. The Morgan fingerprint density at radius 2 is 2.00 bits per heavy atom. The Hall–Kier alpha value is -2.02. The molecule has 1 amide bonds. The van der Waals surface area contributed by atoms with E-state index in [0.717, 1.165) is 55.8 Å². The summed E-state index contributed by atoms with van der Waals surface area (Å²) in [5.41, 5.74) is 1.65. The number of halogens is 1. The van der Waals surface area contributed by atoms with E-state index >= 15 is 0 Å². The first-order valence-corrected chi connectivity index (χ1v) is 14.4. The van der Waals surface area contributed by atoms with E-state index in [0.29, 0.717) is 29.3 Å². The lowest BCUT2D eigenvalue weighted by Crippen LogP contribution is -2.34. The summed E-state index contributed by atoms with van der Waals surface area (Å²) >= 11 is 1.40. The normalized spacial score (nSPS) is 17.8. The van der Waals surface area contributed by atoms with Crippen LogP contribution in [0.25, 0.3) is 0 Å². The van der Waals surface area contributed by atoms with E-state index in [-0.39, 0.29) is 23.4 Å². The van der Waals surface area contributed by atoms with E-state index in [1.165, 1.54) is 54.1 Å². The lowest BCUT2D eigenvalue weighted by atomic mass is 10.0. The fourth-order valence-electron chi connectivity index (χ4n) is 4.68. The Labute approximate surface area is 228 Å². The molecular weight excluding hydrogens is 538 g/mol. The first-order valence-electron chi connectivity index (χ1n) is 12.2. The highest BCUT2D eigenvalue weighted by Crippen LogP contribution is 2.38. The molecule has 1 saturated heterocycles. The van der Waals surface area contributed by atoms with Crippen LogP contribution in [-0.4, -0.2) is 76.0 Å². The fourth-order valence-corrected chi connectivity index (χ4v) is 7.15. The second-order valence-electron chi connectivity index (χ2n) is 9.12. The van der Waals surface area contributed by atoms with Crippen LogP contribution in [-0.2, 0) is 32.5 Å². The maximum Gasteiger partial charge on any atom is 0.341 e. The molecule has 0 radical (unpaired) electrons. The highest BCUT2D eigenvalue weighted by atomic mass is 35.5. The average Bonchev–Trinajstić information content (AvgIpc) is 3.51. The van der Waals surface area contributed by atoms with Crippen molar-refractivity contribution in [3.63, 3.8) is 0 Å². The van der Waals surface area contributed by atoms with Gasteiger partial charge in [0.2, 0.25) is 10.0 Å². The lowest BCUT2D eigenvalue weighted by Gasteiger charge is -2.26. The number of nitrogens with one attached hydrogen (secondary N) is 1. The number of anilines is 1. The summed E-state index contributed by atoms with van der Waals surface area (Å²) < 4.78 is 37.7. The molecule has 9 nitrogen and oxygen atoms in total. The number of thiophene rings is 1. The van der Waals surface area contributed by atoms with E-state index in [1.807, 2.05) is 0 Å². The number of sulfonamides is 1. The van der Waals surface area contributed by atoms with E-state index in [9.17, 15) is 18.0 Å². The van der Waals surface area contributed by atoms with Gasteiger partial charge in [0.15, 0.2) is 0 Å². The molecule has 0 bridgehead atoms. The summed E-state index contributed by atoms with van der Waals surface area (Å²) in [7, 11) is -0.837. The number of rotatable bonds is 9. The maximum atomic E-state index is 13.0. The number of likely N-dealkylation sites (N-methyl/N-ethyl adjacent to an activating group) is 1. The summed E-state index contributed by atoms with van der Waals surface area (Å²) in [6.45, 7) is 5.65. The Morgan fingerprint density at radius 1 is 1.27 bits per heavy atom. The molecule has 12 heteroatoms. The molecule has 1 aromatic heterocycles. The first kappa shape index (κ1) is 29.5. The minimum Gasteiger partial charge on any atom is -0.465 e. The minimum absolute atomic E-state index is 0. The standard InChI is InChI=1S/C25H33N3O6S2.ClH/c1-4-12-28-13-11-20-21(16-28)35-24(22(20)25(30)33-3)26-23(29)17-7-9-19(10-8-17)36(31,32)27(2)15-18-6-5-14-34-18;/h7-10,18H,4-6,11-16H2,1-3H3,(H,26,29);1H. The van der Waals surface area contributed by atoms with Crippen LogP contribution in [0.4, 0.5) is 5.00 Å². The molecule has 1 fully saturated rings. The molecular formula is C25H34ClN3O6S2. The Kier molecular flexibility index (Phi) is 10.1. The number of hydrogen-bond donors (Lipinski definition) is 1. The molecule has 4 rings (SSSR count). The number of nitrogens with zero attached hydrogens (tertiary/aromatic N) is 2. The lowest BCUT2D eigenvalue weighted by molar-refractivity contribution is 0.0600. The average molecular weight is 572 g/mol. The van der Waals surface area contributed by atoms with Gasteiger partial charge < -0.3 is 14.8 Å². The number of methoxy groups -OCH3 is 1. The van der Waals surface area contributed by atoms with Gasteiger partial charge in [-0.2, -0.15) is 4.31 Å². The third-order valence-corrected chi connectivity index (χ3v) is 9.57. The third kappa shape index (κ3) is 6.52. The van der Waals surface area contributed by atoms with Gasteiger partial charge in [0.25, 0.3) is 5.91 Å². The summed E-state index contributed by atoms with van der Waals surface area (Å²) in [5.74, 6) is -0.886. The summed E-state index contributed by atoms with van der Waals surface area (Å²) in [6, 6.07) is 5.83. The predicted octanol–water partition coefficient (Wildman–Crippen LogP) is 3.78. The molecule has 1 aromatic carbocycles. The van der Waals surface area contributed by atoms with Crippen molar-refractivity contribution in [2.24, 2.45) is 0 Å². The van der Waals surface area contributed by atoms with Crippen LogP contribution in [0.5, 0.6) is 0 Å². The Morgan fingerprint density at radius 3 is 2.62 bits per heavy atom.